The van der Waals surface area contributed by atoms with Crippen molar-refractivity contribution >= 4 is 46.6 Å². The van der Waals surface area contributed by atoms with Gasteiger partial charge >= 0.3 is 5.69 Å². The third-order valence-corrected chi connectivity index (χ3v) is 5.45. The maximum atomic E-state index is 13.6. The summed E-state index contributed by atoms with van der Waals surface area (Å²) in [6.45, 7) is 1.68. The standard InChI is InChI=1S/C18H17Cl2FN2O4S/c1-10(12-6-15(21)14(20)7-13(12)19)22-18(24)9-28-8-11-3-4-17(27-2)16(5-11)23(25)26/h3-7,10H,8-9H2,1-2H3,(H,22,24). The second-order valence-electron chi connectivity index (χ2n) is 5.83. The molecule has 150 valence electrons. The van der Waals surface area contributed by atoms with Gasteiger partial charge in [0.15, 0.2) is 5.75 Å². The molecule has 0 heterocycles. The Balaban J connectivity index is 1.92. The number of nitro groups is 1. The first-order chi connectivity index (χ1) is 13.2. The minimum absolute atomic E-state index is 0.0867. The molecule has 2 aromatic carbocycles. The molecule has 1 unspecified atom stereocenters. The van der Waals surface area contributed by atoms with Crippen molar-refractivity contribution < 1.29 is 18.8 Å². The lowest BCUT2D eigenvalue weighted by molar-refractivity contribution is -0.385. The quantitative estimate of drug-likeness (QED) is 0.344. The summed E-state index contributed by atoms with van der Waals surface area (Å²) in [5.41, 5.74) is 0.993. The molecule has 0 bridgehead atoms. The fourth-order valence-electron chi connectivity index (χ4n) is 2.46. The van der Waals surface area contributed by atoms with Gasteiger partial charge in [-0.25, -0.2) is 4.39 Å². The smallest absolute Gasteiger partial charge is 0.311 e. The van der Waals surface area contributed by atoms with Crippen molar-refractivity contribution in [2.75, 3.05) is 12.9 Å². The van der Waals surface area contributed by atoms with Gasteiger partial charge < -0.3 is 10.1 Å². The Kier molecular flexibility index (Phi) is 7.91. The molecule has 0 saturated heterocycles. The molecular formula is C18H17Cl2FN2O4S. The largest absolute Gasteiger partial charge is 0.490 e. The van der Waals surface area contributed by atoms with Crippen molar-refractivity contribution in [3.8, 4) is 5.75 Å². The van der Waals surface area contributed by atoms with E-state index in [2.05, 4.69) is 5.32 Å². The number of carbonyl (C=O) groups is 1. The molecule has 2 rings (SSSR count). The number of amides is 1. The molecule has 1 N–H and O–H groups in total. The van der Waals surface area contributed by atoms with Crippen LogP contribution in [0.25, 0.3) is 0 Å². The van der Waals surface area contributed by atoms with E-state index in [1.807, 2.05) is 0 Å². The summed E-state index contributed by atoms with van der Waals surface area (Å²) in [5.74, 6) is -0.178. The Morgan fingerprint density at radius 2 is 2.04 bits per heavy atom. The molecule has 1 amide bonds. The molecular weight excluding hydrogens is 430 g/mol. The molecule has 0 saturated carbocycles. The molecule has 1 atom stereocenters. The zero-order valence-electron chi connectivity index (χ0n) is 15.0. The number of rotatable bonds is 8. The van der Waals surface area contributed by atoms with Crippen molar-refractivity contribution in [2.24, 2.45) is 0 Å². The Hall–Kier alpha value is -2.03. The van der Waals surface area contributed by atoms with Crippen LogP contribution < -0.4 is 10.1 Å². The first kappa shape index (κ1) is 22.3. The lowest BCUT2D eigenvalue weighted by Crippen LogP contribution is -2.28. The molecule has 6 nitrogen and oxygen atoms in total. The van der Waals surface area contributed by atoms with E-state index < -0.39 is 16.8 Å². The number of benzene rings is 2. The lowest BCUT2D eigenvalue weighted by Gasteiger charge is -2.16. The normalized spacial score (nSPS) is 11.8. The van der Waals surface area contributed by atoms with E-state index in [4.69, 9.17) is 27.9 Å². The number of thioether (sulfide) groups is 1. The molecule has 10 heteroatoms. The van der Waals surface area contributed by atoms with Crippen LogP contribution in [0, 0.1) is 15.9 Å². The first-order valence-electron chi connectivity index (χ1n) is 8.05. The Labute approximate surface area is 175 Å². The van der Waals surface area contributed by atoms with E-state index in [0.717, 1.165) is 0 Å². The summed E-state index contributed by atoms with van der Waals surface area (Å²) in [6, 6.07) is 6.63. The van der Waals surface area contributed by atoms with Crippen molar-refractivity contribution in [2.45, 2.75) is 18.7 Å². The van der Waals surface area contributed by atoms with E-state index >= 15 is 0 Å². The minimum atomic E-state index is -0.613. The van der Waals surface area contributed by atoms with Crippen molar-refractivity contribution in [3.05, 3.63) is 67.4 Å². The second kappa shape index (κ2) is 9.95. The van der Waals surface area contributed by atoms with Gasteiger partial charge in [-0.1, -0.05) is 29.3 Å². The highest BCUT2D eigenvalue weighted by molar-refractivity contribution is 7.99. The highest BCUT2D eigenvalue weighted by atomic mass is 35.5. The summed E-state index contributed by atoms with van der Waals surface area (Å²) in [4.78, 5) is 22.7. The fraction of sp³-hybridized carbons (Fsp3) is 0.278. The average Bonchev–Trinajstić information content (AvgIpc) is 2.64. The van der Waals surface area contributed by atoms with E-state index in [1.54, 1.807) is 13.0 Å². The van der Waals surface area contributed by atoms with Crippen LogP contribution in [0.2, 0.25) is 10.0 Å². The number of hydrogen-bond donors (Lipinski definition) is 1. The number of halogens is 3. The lowest BCUT2D eigenvalue weighted by atomic mass is 10.1. The zero-order valence-corrected chi connectivity index (χ0v) is 17.3. The average molecular weight is 447 g/mol. The SMILES string of the molecule is COc1ccc(CSCC(=O)NC(C)c2cc(F)c(Cl)cc2Cl)cc1[N+](=O)[O-]. The van der Waals surface area contributed by atoms with Gasteiger partial charge in [-0.2, -0.15) is 0 Å². The highest BCUT2D eigenvalue weighted by Gasteiger charge is 2.17. The van der Waals surface area contributed by atoms with Crippen LogP contribution in [0.5, 0.6) is 5.75 Å². The maximum Gasteiger partial charge on any atom is 0.311 e. The molecule has 0 aromatic heterocycles. The van der Waals surface area contributed by atoms with Gasteiger partial charge in [-0.05, 0) is 36.2 Å². The number of ether oxygens (including phenoxy) is 1. The van der Waals surface area contributed by atoms with Crippen molar-refractivity contribution in [1.29, 1.82) is 0 Å². The van der Waals surface area contributed by atoms with Gasteiger partial charge in [-0.3, -0.25) is 14.9 Å². The topological polar surface area (TPSA) is 81.5 Å². The van der Waals surface area contributed by atoms with Gasteiger partial charge in [-0.15, -0.1) is 11.8 Å². The molecule has 0 aliphatic carbocycles. The van der Waals surface area contributed by atoms with E-state index in [-0.39, 0.29) is 33.1 Å². The number of nitrogens with one attached hydrogen (secondary N) is 1. The fourth-order valence-corrected chi connectivity index (χ4v) is 3.79. The van der Waals surface area contributed by atoms with Gasteiger partial charge in [0, 0.05) is 16.8 Å². The third kappa shape index (κ3) is 5.73. The van der Waals surface area contributed by atoms with Crippen LogP contribution in [0.4, 0.5) is 10.1 Å². The molecule has 28 heavy (non-hydrogen) atoms. The molecule has 0 spiro atoms. The monoisotopic (exact) mass is 446 g/mol. The predicted molar refractivity (Wildman–Crippen MR) is 109 cm³/mol. The number of carbonyl (C=O) groups excluding carboxylic acids is 1. The van der Waals surface area contributed by atoms with E-state index in [0.29, 0.717) is 16.9 Å². The van der Waals surface area contributed by atoms with Gasteiger partial charge in [0.05, 0.1) is 28.9 Å². The molecule has 0 aliphatic rings. The highest BCUT2D eigenvalue weighted by Crippen LogP contribution is 2.30. The Morgan fingerprint density at radius 3 is 2.68 bits per heavy atom. The van der Waals surface area contributed by atoms with Gasteiger partial charge in [0.1, 0.15) is 5.82 Å². The minimum Gasteiger partial charge on any atom is -0.490 e. The Morgan fingerprint density at radius 1 is 1.32 bits per heavy atom. The summed E-state index contributed by atoms with van der Waals surface area (Å²) in [5, 5.41) is 14.0. The zero-order chi connectivity index (χ0) is 20.8. The summed E-state index contributed by atoms with van der Waals surface area (Å²) in [7, 11) is 1.36. The third-order valence-electron chi connectivity index (χ3n) is 3.83. The van der Waals surface area contributed by atoms with Crippen LogP contribution in [0.15, 0.2) is 30.3 Å². The Bertz CT molecular complexity index is 898. The molecule has 0 radical (unpaired) electrons. The van der Waals surface area contributed by atoms with Gasteiger partial charge in [0.2, 0.25) is 5.91 Å². The summed E-state index contributed by atoms with van der Waals surface area (Å²) in [6.07, 6.45) is 0. The van der Waals surface area contributed by atoms with E-state index in [9.17, 15) is 19.3 Å². The summed E-state index contributed by atoms with van der Waals surface area (Å²) >= 11 is 13.0. The first-order valence-corrected chi connectivity index (χ1v) is 9.96. The predicted octanol–water partition coefficient (Wildman–Crippen LogP) is 5.16. The van der Waals surface area contributed by atoms with Crippen LogP contribution in [-0.2, 0) is 10.5 Å². The molecule has 0 aliphatic heterocycles. The van der Waals surface area contributed by atoms with Crippen LogP contribution in [-0.4, -0.2) is 23.7 Å². The number of methoxy groups -OCH3 is 1. The van der Waals surface area contributed by atoms with E-state index in [1.165, 1.54) is 43.1 Å². The number of hydrogen-bond acceptors (Lipinski definition) is 5. The van der Waals surface area contributed by atoms with Gasteiger partial charge in [0.25, 0.3) is 0 Å². The van der Waals surface area contributed by atoms with Crippen LogP contribution in [0.3, 0.4) is 0 Å². The van der Waals surface area contributed by atoms with Crippen molar-refractivity contribution in [1.82, 2.24) is 5.32 Å². The molecule has 2 aromatic rings. The number of nitrogens with zero attached hydrogens (tertiary/aromatic N) is 1. The molecule has 0 fully saturated rings. The van der Waals surface area contributed by atoms with Crippen molar-refractivity contribution in [3.63, 3.8) is 0 Å². The maximum absolute atomic E-state index is 13.6. The second-order valence-corrected chi connectivity index (χ2v) is 7.63. The number of nitro benzene ring substituents is 1. The van der Waals surface area contributed by atoms with Crippen LogP contribution >= 0.6 is 35.0 Å². The summed E-state index contributed by atoms with van der Waals surface area (Å²) < 4.78 is 18.6. The van der Waals surface area contributed by atoms with Crippen LogP contribution in [0.1, 0.15) is 24.1 Å².